The molecule has 0 aromatic heterocycles. The topological polar surface area (TPSA) is 21.3 Å². The summed E-state index contributed by atoms with van der Waals surface area (Å²) in [6.07, 6.45) is 0. The van der Waals surface area contributed by atoms with E-state index < -0.39 is 0 Å². The third kappa shape index (κ3) is 3.22. The molecule has 96 valence electrons. The number of hydrogen-bond acceptors (Lipinski definition) is 2. The fraction of sp³-hybridized carbons (Fsp3) is 0.600. The van der Waals surface area contributed by atoms with Crippen molar-refractivity contribution in [1.29, 1.82) is 0 Å². The van der Waals surface area contributed by atoms with Crippen LogP contribution < -0.4 is 10.1 Å². The summed E-state index contributed by atoms with van der Waals surface area (Å²) in [5.41, 5.74) is 3.98. The van der Waals surface area contributed by atoms with Crippen LogP contribution in [0.5, 0.6) is 5.75 Å². The zero-order chi connectivity index (χ0) is 13.0. The normalized spacial score (nSPS) is 14.5. The summed E-state index contributed by atoms with van der Waals surface area (Å²) in [6.45, 7) is 9.92. The van der Waals surface area contributed by atoms with Crippen molar-refractivity contribution in [3.63, 3.8) is 0 Å². The van der Waals surface area contributed by atoms with Crippen molar-refractivity contribution in [2.24, 2.45) is 5.92 Å². The van der Waals surface area contributed by atoms with Gasteiger partial charge in [0.25, 0.3) is 0 Å². The molecule has 2 nitrogen and oxygen atoms in total. The summed E-state index contributed by atoms with van der Waals surface area (Å²) in [6, 6.07) is 4.41. The SMILES string of the molecule is CNCC(C)C(C)c1cc(C)c(OC)cc1C. The number of aryl methyl sites for hydroxylation is 2. The fourth-order valence-electron chi connectivity index (χ4n) is 2.33. The molecule has 0 aliphatic heterocycles. The third-order valence-electron chi connectivity index (χ3n) is 3.65. The molecule has 1 aromatic carbocycles. The molecule has 0 saturated heterocycles. The Balaban J connectivity index is 3.01. The zero-order valence-electron chi connectivity index (χ0n) is 11.9. The molecule has 2 atom stereocenters. The summed E-state index contributed by atoms with van der Waals surface area (Å²) < 4.78 is 5.36. The van der Waals surface area contributed by atoms with Gasteiger partial charge in [-0.2, -0.15) is 0 Å². The molecule has 1 N–H and O–H groups in total. The van der Waals surface area contributed by atoms with Gasteiger partial charge >= 0.3 is 0 Å². The molecule has 0 aliphatic rings. The van der Waals surface area contributed by atoms with Crippen molar-refractivity contribution >= 4 is 0 Å². The van der Waals surface area contributed by atoms with Crippen LogP contribution in [0.25, 0.3) is 0 Å². The van der Waals surface area contributed by atoms with E-state index in [9.17, 15) is 0 Å². The van der Waals surface area contributed by atoms with E-state index in [4.69, 9.17) is 4.74 Å². The summed E-state index contributed by atoms with van der Waals surface area (Å²) in [4.78, 5) is 0. The first-order chi connectivity index (χ1) is 8.01. The predicted molar refractivity (Wildman–Crippen MR) is 74.0 cm³/mol. The lowest BCUT2D eigenvalue weighted by Gasteiger charge is -2.23. The number of rotatable bonds is 5. The first kappa shape index (κ1) is 14.0. The number of nitrogens with one attached hydrogen (secondary N) is 1. The van der Waals surface area contributed by atoms with Crippen LogP contribution in [0.3, 0.4) is 0 Å². The molecule has 0 saturated carbocycles. The number of ether oxygens (including phenoxy) is 1. The molecule has 0 radical (unpaired) electrons. The lowest BCUT2D eigenvalue weighted by Crippen LogP contribution is -2.21. The van der Waals surface area contributed by atoms with Crippen LogP contribution in [0.15, 0.2) is 12.1 Å². The molecule has 1 aromatic rings. The van der Waals surface area contributed by atoms with Crippen LogP contribution in [0.4, 0.5) is 0 Å². The Hall–Kier alpha value is -1.02. The van der Waals surface area contributed by atoms with Crippen LogP contribution in [0, 0.1) is 19.8 Å². The van der Waals surface area contributed by atoms with E-state index in [0.717, 1.165) is 12.3 Å². The molecule has 1 rings (SSSR count). The molecule has 0 spiro atoms. The second-order valence-electron chi connectivity index (χ2n) is 5.00. The van der Waals surface area contributed by atoms with Crippen molar-refractivity contribution in [3.05, 3.63) is 28.8 Å². The van der Waals surface area contributed by atoms with Gasteiger partial charge < -0.3 is 10.1 Å². The van der Waals surface area contributed by atoms with Crippen molar-refractivity contribution in [1.82, 2.24) is 5.32 Å². The summed E-state index contributed by atoms with van der Waals surface area (Å²) in [5.74, 6) is 2.18. The van der Waals surface area contributed by atoms with Crippen LogP contribution >= 0.6 is 0 Å². The van der Waals surface area contributed by atoms with E-state index in [-0.39, 0.29) is 0 Å². The molecule has 2 heteroatoms. The van der Waals surface area contributed by atoms with Crippen LogP contribution in [-0.2, 0) is 0 Å². The molecule has 2 unspecified atom stereocenters. The minimum Gasteiger partial charge on any atom is -0.496 e. The van der Waals surface area contributed by atoms with Gasteiger partial charge in [-0.25, -0.2) is 0 Å². The van der Waals surface area contributed by atoms with Gasteiger partial charge in [-0.1, -0.05) is 19.9 Å². The lowest BCUT2D eigenvalue weighted by atomic mass is 9.85. The van der Waals surface area contributed by atoms with Gasteiger partial charge in [0.1, 0.15) is 5.75 Å². The minimum absolute atomic E-state index is 0.562. The molecule has 0 heterocycles. The average Bonchev–Trinajstić information content (AvgIpc) is 2.31. The monoisotopic (exact) mass is 235 g/mol. The smallest absolute Gasteiger partial charge is 0.122 e. The minimum atomic E-state index is 0.562. The Bertz CT molecular complexity index is 373. The first-order valence-corrected chi connectivity index (χ1v) is 6.31. The molecular weight excluding hydrogens is 210 g/mol. The fourth-order valence-corrected chi connectivity index (χ4v) is 2.33. The molecular formula is C15H25NO. The zero-order valence-corrected chi connectivity index (χ0v) is 11.9. The average molecular weight is 235 g/mol. The Morgan fingerprint density at radius 3 is 2.35 bits per heavy atom. The molecule has 17 heavy (non-hydrogen) atoms. The number of hydrogen-bond donors (Lipinski definition) is 1. The highest BCUT2D eigenvalue weighted by Gasteiger charge is 2.17. The standard InChI is InChI=1S/C15H25NO/c1-10-8-15(17-6)11(2)7-14(10)13(4)12(3)9-16-5/h7-8,12-13,16H,9H2,1-6H3. The number of methoxy groups -OCH3 is 1. The van der Waals surface area contributed by atoms with Crippen molar-refractivity contribution in [3.8, 4) is 5.75 Å². The first-order valence-electron chi connectivity index (χ1n) is 6.31. The summed E-state index contributed by atoms with van der Waals surface area (Å²) in [5, 5.41) is 3.25. The molecule has 0 fully saturated rings. The summed E-state index contributed by atoms with van der Waals surface area (Å²) >= 11 is 0. The maximum Gasteiger partial charge on any atom is 0.122 e. The predicted octanol–water partition coefficient (Wildman–Crippen LogP) is 3.27. The van der Waals surface area contributed by atoms with E-state index in [1.807, 2.05) is 7.05 Å². The Kier molecular flexibility index (Phi) is 5.01. The van der Waals surface area contributed by atoms with Crippen LogP contribution in [0.2, 0.25) is 0 Å². The second-order valence-corrected chi connectivity index (χ2v) is 5.00. The lowest BCUT2D eigenvalue weighted by molar-refractivity contribution is 0.410. The van der Waals surface area contributed by atoms with Gasteiger partial charge in [0.15, 0.2) is 0 Å². The quantitative estimate of drug-likeness (QED) is 0.845. The van der Waals surface area contributed by atoms with Gasteiger partial charge in [0, 0.05) is 0 Å². The largest absolute Gasteiger partial charge is 0.496 e. The van der Waals surface area contributed by atoms with Gasteiger partial charge in [-0.05, 0) is 62.0 Å². The summed E-state index contributed by atoms with van der Waals surface area (Å²) in [7, 11) is 3.74. The van der Waals surface area contributed by atoms with Crippen LogP contribution in [0.1, 0.15) is 36.5 Å². The maximum absolute atomic E-state index is 5.36. The van der Waals surface area contributed by atoms with E-state index >= 15 is 0 Å². The Morgan fingerprint density at radius 1 is 1.18 bits per heavy atom. The molecule has 0 bridgehead atoms. The van der Waals surface area contributed by atoms with E-state index in [2.05, 4.69) is 45.1 Å². The second kappa shape index (κ2) is 6.06. The number of benzene rings is 1. The van der Waals surface area contributed by atoms with Crippen molar-refractivity contribution in [2.45, 2.75) is 33.6 Å². The highest BCUT2D eigenvalue weighted by atomic mass is 16.5. The van der Waals surface area contributed by atoms with E-state index in [1.54, 1.807) is 7.11 Å². The van der Waals surface area contributed by atoms with Gasteiger partial charge in [-0.15, -0.1) is 0 Å². The molecule has 0 amide bonds. The van der Waals surface area contributed by atoms with Crippen molar-refractivity contribution < 1.29 is 4.74 Å². The molecule has 0 aliphatic carbocycles. The van der Waals surface area contributed by atoms with Gasteiger partial charge in [-0.3, -0.25) is 0 Å². The van der Waals surface area contributed by atoms with Gasteiger partial charge in [0.2, 0.25) is 0 Å². The van der Waals surface area contributed by atoms with Crippen molar-refractivity contribution in [2.75, 3.05) is 20.7 Å². The third-order valence-corrected chi connectivity index (χ3v) is 3.65. The van der Waals surface area contributed by atoms with E-state index in [0.29, 0.717) is 11.8 Å². The van der Waals surface area contributed by atoms with Crippen LogP contribution in [-0.4, -0.2) is 20.7 Å². The highest BCUT2D eigenvalue weighted by molar-refractivity contribution is 5.43. The van der Waals surface area contributed by atoms with Gasteiger partial charge in [0.05, 0.1) is 7.11 Å². The maximum atomic E-state index is 5.36. The Morgan fingerprint density at radius 2 is 1.82 bits per heavy atom. The van der Waals surface area contributed by atoms with E-state index in [1.165, 1.54) is 16.7 Å². The Labute approximate surface area is 105 Å². The highest BCUT2D eigenvalue weighted by Crippen LogP contribution is 2.31.